The third-order valence-corrected chi connectivity index (χ3v) is 4.84. The molecule has 138 valence electrons. The number of rotatable bonds is 6. The van der Waals surface area contributed by atoms with Crippen LogP contribution in [0.15, 0.2) is 35.0 Å². The second kappa shape index (κ2) is 8.07. The standard InChI is InChI=1S/C22H34N2O/c1-8-16-11-10-12-17(9-2)21(16)23-18(15(3)4)13-20-24-19(14-25-20)22(5,6)7/h10-13,15,19,23H,8-9,14H2,1-7H3/t19-/m1/s1. The van der Waals surface area contributed by atoms with Crippen molar-refractivity contribution in [1.29, 1.82) is 0 Å². The van der Waals surface area contributed by atoms with Crippen LogP contribution in [0.3, 0.4) is 0 Å². The normalized spacial score (nSPS) is 18.3. The van der Waals surface area contributed by atoms with Gasteiger partial charge in [-0.15, -0.1) is 0 Å². The Morgan fingerprint density at radius 2 is 1.84 bits per heavy atom. The molecular weight excluding hydrogens is 308 g/mol. The summed E-state index contributed by atoms with van der Waals surface area (Å²) < 4.78 is 5.86. The van der Waals surface area contributed by atoms with Crippen LogP contribution in [0.25, 0.3) is 0 Å². The van der Waals surface area contributed by atoms with Gasteiger partial charge in [-0.1, -0.05) is 66.7 Å². The highest BCUT2D eigenvalue weighted by Gasteiger charge is 2.29. The maximum Gasteiger partial charge on any atom is 0.210 e. The molecule has 0 radical (unpaired) electrons. The first-order chi connectivity index (χ1) is 11.8. The molecule has 0 spiro atoms. The fraction of sp³-hybridized carbons (Fsp3) is 0.591. The van der Waals surface area contributed by atoms with Crippen molar-refractivity contribution in [3.05, 3.63) is 41.1 Å². The van der Waals surface area contributed by atoms with Crippen LogP contribution < -0.4 is 5.32 Å². The van der Waals surface area contributed by atoms with Crippen LogP contribution in [-0.2, 0) is 17.6 Å². The maximum atomic E-state index is 5.86. The molecule has 25 heavy (non-hydrogen) atoms. The van der Waals surface area contributed by atoms with Gasteiger partial charge in [0.1, 0.15) is 6.61 Å². The molecule has 1 aromatic rings. The first-order valence-corrected chi connectivity index (χ1v) is 9.56. The number of allylic oxidation sites excluding steroid dienone is 1. The Kier molecular flexibility index (Phi) is 6.31. The lowest BCUT2D eigenvalue weighted by Crippen LogP contribution is -2.25. The van der Waals surface area contributed by atoms with Gasteiger partial charge in [0.25, 0.3) is 0 Å². The summed E-state index contributed by atoms with van der Waals surface area (Å²) in [6.45, 7) is 16.1. The third kappa shape index (κ3) is 4.87. The molecule has 0 unspecified atom stereocenters. The van der Waals surface area contributed by atoms with Crippen molar-refractivity contribution in [3.8, 4) is 0 Å². The molecule has 0 aliphatic carbocycles. The molecule has 0 amide bonds. The van der Waals surface area contributed by atoms with Gasteiger partial charge in [-0.3, -0.25) is 0 Å². The highest BCUT2D eigenvalue weighted by Crippen LogP contribution is 2.28. The van der Waals surface area contributed by atoms with E-state index >= 15 is 0 Å². The Balaban J connectivity index is 2.32. The van der Waals surface area contributed by atoms with Crippen molar-refractivity contribution >= 4 is 11.6 Å². The lowest BCUT2D eigenvalue weighted by Gasteiger charge is -2.21. The number of nitrogens with one attached hydrogen (secondary N) is 1. The fourth-order valence-corrected chi connectivity index (χ4v) is 2.94. The van der Waals surface area contributed by atoms with Gasteiger partial charge in [0.2, 0.25) is 5.90 Å². The van der Waals surface area contributed by atoms with Gasteiger partial charge in [-0.2, -0.15) is 0 Å². The van der Waals surface area contributed by atoms with Crippen molar-refractivity contribution < 1.29 is 4.74 Å². The molecule has 0 bridgehead atoms. The monoisotopic (exact) mass is 342 g/mol. The fourth-order valence-electron chi connectivity index (χ4n) is 2.94. The number of aliphatic imine (C=N–C) groups is 1. The number of ether oxygens (including phenoxy) is 1. The Morgan fingerprint density at radius 1 is 1.24 bits per heavy atom. The highest BCUT2D eigenvalue weighted by atomic mass is 16.5. The van der Waals surface area contributed by atoms with Crippen molar-refractivity contribution in [2.24, 2.45) is 16.3 Å². The van der Waals surface area contributed by atoms with Gasteiger partial charge in [0.15, 0.2) is 0 Å². The molecule has 0 fully saturated rings. The molecule has 3 heteroatoms. The van der Waals surface area contributed by atoms with Crippen molar-refractivity contribution in [2.75, 3.05) is 11.9 Å². The zero-order valence-electron chi connectivity index (χ0n) is 16.9. The molecule has 1 aliphatic rings. The van der Waals surface area contributed by atoms with E-state index in [9.17, 15) is 0 Å². The first kappa shape index (κ1) is 19.6. The van der Waals surface area contributed by atoms with E-state index in [1.807, 2.05) is 0 Å². The lowest BCUT2D eigenvalue weighted by atomic mass is 9.88. The summed E-state index contributed by atoms with van der Waals surface area (Å²) in [5.74, 6) is 1.12. The molecule has 1 atom stereocenters. The van der Waals surface area contributed by atoms with E-state index in [0.29, 0.717) is 12.5 Å². The second-order valence-electron chi connectivity index (χ2n) is 8.20. The molecule has 0 saturated heterocycles. The summed E-state index contributed by atoms with van der Waals surface area (Å²) in [7, 11) is 0. The summed E-state index contributed by atoms with van der Waals surface area (Å²) in [6, 6.07) is 6.79. The number of aryl methyl sites for hydroxylation is 2. The van der Waals surface area contributed by atoms with Crippen molar-refractivity contribution in [1.82, 2.24) is 0 Å². The zero-order valence-corrected chi connectivity index (χ0v) is 16.9. The molecule has 1 heterocycles. The highest BCUT2D eigenvalue weighted by molar-refractivity contribution is 5.90. The maximum absolute atomic E-state index is 5.86. The second-order valence-corrected chi connectivity index (χ2v) is 8.20. The molecule has 1 N–H and O–H groups in total. The Morgan fingerprint density at radius 3 is 2.28 bits per heavy atom. The van der Waals surface area contributed by atoms with E-state index in [1.165, 1.54) is 16.8 Å². The molecule has 2 rings (SSSR count). The third-order valence-electron chi connectivity index (χ3n) is 4.84. The average Bonchev–Trinajstić information content (AvgIpc) is 3.03. The summed E-state index contributed by atoms with van der Waals surface area (Å²) in [5, 5.41) is 3.70. The molecule has 1 aromatic carbocycles. The number of para-hydroxylation sites is 1. The van der Waals surface area contributed by atoms with Crippen LogP contribution in [0.4, 0.5) is 5.69 Å². The largest absolute Gasteiger partial charge is 0.476 e. The predicted octanol–water partition coefficient (Wildman–Crippen LogP) is 5.61. The van der Waals surface area contributed by atoms with E-state index in [-0.39, 0.29) is 11.5 Å². The molecule has 3 nitrogen and oxygen atoms in total. The van der Waals surface area contributed by atoms with Crippen LogP contribution >= 0.6 is 0 Å². The number of benzene rings is 1. The van der Waals surface area contributed by atoms with Crippen LogP contribution in [0.1, 0.15) is 59.6 Å². The minimum absolute atomic E-state index is 0.130. The van der Waals surface area contributed by atoms with Gasteiger partial charge in [-0.25, -0.2) is 4.99 Å². The number of hydrogen-bond donors (Lipinski definition) is 1. The first-order valence-electron chi connectivity index (χ1n) is 9.56. The topological polar surface area (TPSA) is 33.6 Å². The van der Waals surface area contributed by atoms with Gasteiger partial charge in [-0.05, 0) is 35.3 Å². The molecule has 1 aliphatic heterocycles. The van der Waals surface area contributed by atoms with E-state index in [4.69, 9.17) is 9.73 Å². The molecule has 0 saturated carbocycles. The predicted molar refractivity (Wildman–Crippen MR) is 108 cm³/mol. The van der Waals surface area contributed by atoms with Gasteiger partial charge >= 0.3 is 0 Å². The SMILES string of the molecule is CCc1cccc(CC)c1NC(=CC1=N[C@@H](C(C)(C)C)CO1)C(C)C. The quantitative estimate of drug-likeness (QED) is 0.729. The van der Waals surface area contributed by atoms with E-state index in [0.717, 1.165) is 24.4 Å². The summed E-state index contributed by atoms with van der Waals surface area (Å²) >= 11 is 0. The smallest absolute Gasteiger partial charge is 0.210 e. The minimum Gasteiger partial charge on any atom is -0.476 e. The van der Waals surface area contributed by atoms with Crippen LogP contribution in [0, 0.1) is 11.3 Å². The molecular formula is C22H34N2O. The number of anilines is 1. The van der Waals surface area contributed by atoms with Crippen molar-refractivity contribution in [2.45, 2.75) is 67.3 Å². The summed E-state index contributed by atoms with van der Waals surface area (Å²) in [6.07, 6.45) is 4.12. The van der Waals surface area contributed by atoms with E-state index < -0.39 is 0 Å². The van der Waals surface area contributed by atoms with Gasteiger partial charge in [0.05, 0.1) is 6.04 Å². The number of nitrogens with zero attached hydrogens (tertiary/aromatic N) is 1. The van der Waals surface area contributed by atoms with Gasteiger partial charge in [0, 0.05) is 17.5 Å². The lowest BCUT2D eigenvalue weighted by molar-refractivity contribution is 0.236. The summed E-state index contributed by atoms with van der Waals surface area (Å²) in [4.78, 5) is 4.79. The van der Waals surface area contributed by atoms with Gasteiger partial charge < -0.3 is 10.1 Å². The average molecular weight is 343 g/mol. The Bertz CT molecular complexity index is 628. The van der Waals surface area contributed by atoms with Crippen LogP contribution in [0.2, 0.25) is 0 Å². The minimum atomic E-state index is 0.130. The summed E-state index contributed by atoms with van der Waals surface area (Å²) in [5.41, 5.74) is 5.24. The zero-order chi connectivity index (χ0) is 18.6. The van der Waals surface area contributed by atoms with E-state index in [2.05, 4.69) is 78.1 Å². The molecule has 0 aromatic heterocycles. The van der Waals surface area contributed by atoms with E-state index in [1.54, 1.807) is 0 Å². The Hall–Kier alpha value is -1.77. The van der Waals surface area contributed by atoms with Crippen molar-refractivity contribution in [3.63, 3.8) is 0 Å². The number of hydrogen-bond acceptors (Lipinski definition) is 3. The Labute approximate surface area is 153 Å². The van der Waals surface area contributed by atoms with Crippen LogP contribution in [0.5, 0.6) is 0 Å². The van der Waals surface area contributed by atoms with Crippen LogP contribution in [-0.4, -0.2) is 18.5 Å².